The summed E-state index contributed by atoms with van der Waals surface area (Å²) in [6, 6.07) is 0. The van der Waals surface area contributed by atoms with Crippen molar-refractivity contribution in [3.05, 3.63) is 32.7 Å². The van der Waals surface area contributed by atoms with Crippen LogP contribution < -0.4 is 0 Å². The van der Waals surface area contributed by atoms with E-state index in [-0.39, 0.29) is 0 Å². The normalized spacial score (nSPS) is 17.0. The Kier molecular flexibility index (Phi) is 5.39. The molecule has 2 aromatic heterocycles. The maximum Gasteiger partial charge on any atom is 0.435 e. The van der Waals surface area contributed by atoms with Crippen LogP contribution in [0.15, 0.2) is 21.3 Å². The number of halogens is 2. The molecule has 2 aliphatic carbocycles. The van der Waals surface area contributed by atoms with Gasteiger partial charge in [0.15, 0.2) is 0 Å². The molecule has 0 unspecified atom stereocenters. The third kappa shape index (κ3) is 5.17. The minimum absolute atomic E-state index is 0.430. The van der Waals surface area contributed by atoms with Crippen molar-refractivity contribution < 1.29 is 9.53 Å². The van der Waals surface area contributed by atoms with Gasteiger partial charge in [0.05, 0.1) is 32.7 Å². The lowest BCUT2D eigenvalue weighted by molar-refractivity contribution is 0.0514. The van der Waals surface area contributed by atoms with E-state index in [1.54, 1.807) is 6.20 Å². The second kappa shape index (κ2) is 7.23. The van der Waals surface area contributed by atoms with Crippen LogP contribution in [-0.2, 0) is 4.74 Å². The first-order valence-electron chi connectivity index (χ1n) is 8.42. The predicted octanol–water partition coefficient (Wildman–Crippen LogP) is 5.36. The van der Waals surface area contributed by atoms with Crippen molar-refractivity contribution in [2.24, 2.45) is 0 Å². The molecule has 25 heavy (non-hydrogen) atoms. The summed E-state index contributed by atoms with van der Waals surface area (Å²) in [4.78, 5) is 11.7. The fraction of sp³-hybridized carbons (Fsp3) is 0.588. The highest BCUT2D eigenvalue weighted by molar-refractivity contribution is 9.10. The number of nitrogens with one attached hydrogen (secondary N) is 1. The Bertz CT molecular complexity index is 755. The molecule has 1 N–H and O–H groups in total. The van der Waals surface area contributed by atoms with Crippen molar-refractivity contribution >= 4 is 38.0 Å². The van der Waals surface area contributed by atoms with Crippen LogP contribution in [0.1, 0.15) is 69.7 Å². The number of carbonyl (C=O) groups excluding carboxylic acids is 1. The van der Waals surface area contributed by atoms with Gasteiger partial charge in [-0.05, 0) is 78.3 Å². The summed E-state index contributed by atoms with van der Waals surface area (Å²) in [5, 5.41) is 11.1. The Morgan fingerprint density at radius 3 is 2.32 bits per heavy atom. The number of rotatable bonds is 2. The topological polar surface area (TPSA) is 72.8 Å². The molecule has 0 radical (unpaired) electrons. The van der Waals surface area contributed by atoms with Gasteiger partial charge in [-0.2, -0.15) is 14.9 Å². The van der Waals surface area contributed by atoms with Gasteiger partial charge in [-0.1, -0.05) is 0 Å². The molecule has 0 saturated heterocycles. The van der Waals surface area contributed by atoms with Crippen LogP contribution in [0, 0.1) is 0 Å². The third-order valence-corrected chi connectivity index (χ3v) is 5.09. The van der Waals surface area contributed by atoms with E-state index in [0.29, 0.717) is 5.92 Å². The summed E-state index contributed by atoms with van der Waals surface area (Å²) in [5.74, 6) is 1.28. The van der Waals surface area contributed by atoms with Crippen molar-refractivity contribution in [3.8, 4) is 0 Å². The van der Waals surface area contributed by atoms with E-state index >= 15 is 0 Å². The molecule has 0 amide bonds. The predicted molar refractivity (Wildman–Crippen MR) is 102 cm³/mol. The van der Waals surface area contributed by atoms with Crippen LogP contribution in [-0.4, -0.2) is 31.7 Å². The fourth-order valence-corrected chi connectivity index (χ4v) is 3.45. The van der Waals surface area contributed by atoms with Gasteiger partial charge in [0.2, 0.25) is 0 Å². The molecule has 0 atom stereocenters. The van der Waals surface area contributed by atoms with Crippen molar-refractivity contribution in [1.29, 1.82) is 0 Å². The van der Waals surface area contributed by atoms with Crippen molar-refractivity contribution in [3.63, 3.8) is 0 Å². The van der Waals surface area contributed by atoms with E-state index in [0.717, 1.165) is 33.4 Å². The van der Waals surface area contributed by atoms with E-state index in [1.807, 2.05) is 27.0 Å². The summed E-state index contributed by atoms with van der Waals surface area (Å²) in [6.45, 7) is 5.52. The molecule has 4 rings (SSSR count). The summed E-state index contributed by atoms with van der Waals surface area (Å²) >= 11 is 6.83. The maximum atomic E-state index is 11.7. The van der Waals surface area contributed by atoms with Gasteiger partial charge in [0.25, 0.3) is 0 Å². The Hall–Kier alpha value is -1.15. The first-order valence-corrected chi connectivity index (χ1v) is 10.0. The van der Waals surface area contributed by atoms with E-state index in [4.69, 9.17) is 4.74 Å². The first kappa shape index (κ1) is 18.6. The first-order chi connectivity index (χ1) is 11.7. The highest BCUT2D eigenvalue weighted by atomic mass is 79.9. The van der Waals surface area contributed by atoms with Crippen LogP contribution in [0.4, 0.5) is 4.79 Å². The monoisotopic (exact) mass is 472 g/mol. The van der Waals surface area contributed by atoms with Gasteiger partial charge in [0.1, 0.15) is 5.60 Å². The van der Waals surface area contributed by atoms with Gasteiger partial charge >= 0.3 is 6.09 Å². The zero-order chi connectivity index (χ0) is 18.2. The van der Waals surface area contributed by atoms with Crippen LogP contribution in [0.2, 0.25) is 0 Å². The van der Waals surface area contributed by atoms with Gasteiger partial charge in [-0.3, -0.25) is 5.10 Å². The highest BCUT2D eigenvalue weighted by Gasteiger charge is 2.30. The summed E-state index contributed by atoms with van der Waals surface area (Å²) in [5.41, 5.74) is 1.75. The zero-order valence-electron chi connectivity index (χ0n) is 14.6. The molecule has 0 bridgehead atoms. The molecule has 2 saturated carbocycles. The van der Waals surface area contributed by atoms with Gasteiger partial charge < -0.3 is 4.74 Å². The number of hydrogen-bond acceptors (Lipinski definition) is 4. The second-order valence-electron chi connectivity index (χ2n) is 7.47. The lowest BCUT2D eigenvalue weighted by Gasteiger charge is -2.18. The molecule has 0 spiro atoms. The number of H-pyrrole nitrogens is 1. The largest absolute Gasteiger partial charge is 0.442 e. The van der Waals surface area contributed by atoms with Gasteiger partial charge in [0, 0.05) is 11.8 Å². The van der Waals surface area contributed by atoms with E-state index in [2.05, 4.69) is 47.2 Å². The molecule has 0 aromatic carbocycles. The smallest absolute Gasteiger partial charge is 0.435 e. The fourth-order valence-electron chi connectivity index (χ4n) is 2.34. The maximum absolute atomic E-state index is 11.7. The number of hydrogen-bond donors (Lipinski definition) is 1. The Labute approximate surface area is 164 Å². The molecule has 0 aliphatic heterocycles. The van der Waals surface area contributed by atoms with Crippen molar-refractivity contribution in [2.45, 2.75) is 63.9 Å². The lowest BCUT2D eigenvalue weighted by Crippen LogP contribution is -2.27. The number of carbonyl (C=O) groups is 1. The average Bonchev–Trinajstić information content (AvgIpc) is 3.43. The molecule has 8 heteroatoms. The number of ether oxygens (including phenoxy) is 1. The van der Waals surface area contributed by atoms with Crippen LogP contribution in [0.5, 0.6) is 0 Å². The molecule has 2 fully saturated rings. The van der Waals surface area contributed by atoms with Crippen molar-refractivity contribution in [1.82, 2.24) is 20.0 Å². The Balaban J connectivity index is 0.000000170. The summed E-state index contributed by atoms with van der Waals surface area (Å²) in [7, 11) is 0. The molecule has 6 nitrogen and oxygen atoms in total. The quantitative estimate of drug-likeness (QED) is 0.637. The molecule has 2 aliphatic rings. The third-order valence-electron chi connectivity index (χ3n) is 3.85. The van der Waals surface area contributed by atoms with E-state index < -0.39 is 11.7 Å². The van der Waals surface area contributed by atoms with Gasteiger partial charge in [-0.25, -0.2) is 4.79 Å². The summed E-state index contributed by atoms with van der Waals surface area (Å²) < 4.78 is 8.52. The van der Waals surface area contributed by atoms with E-state index in [9.17, 15) is 4.79 Å². The average molecular weight is 474 g/mol. The molecular weight excluding hydrogens is 452 g/mol. The molecule has 136 valence electrons. The lowest BCUT2D eigenvalue weighted by atomic mass is 10.2. The Morgan fingerprint density at radius 1 is 1.20 bits per heavy atom. The minimum atomic E-state index is -0.491. The Morgan fingerprint density at radius 2 is 1.84 bits per heavy atom. The zero-order valence-corrected chi connectivity index (χ0v) is 17.7. The van der Waals surface area contributed by atoms with Crippen LogP contribution in [0.3, 0.4) is 0 Å². The molecule has 2 heterocycles. The second-order valence-corrected chi connectivity index (χ2v) is 9.18. The minimum Gasteiger partial charge on any atom is -0.442 e. The van der Waals surface area contributed by atoms with Gasteiger partial charge in [-0.15, -0.1) is 0 Å². The SMILES string of the molecule is Brc1cn[nH]c1C1CC1.CC(C)(C)OC(=O)n1cc(Br)c(C2CC2)n1. The number of nitrogens with zero attached hydrogens (tertiary/aromatic N) is 3. The summed E-state index contributed by atoms with van der Waals surface area (Å²) in [6.07, 6.45) is 8.00. The number of aromatic nitrogens is 4. The van der Waals surface area contributed by atoms with Crippen molar-refractivity contribution in [2.75, 3.05) is 0 Å². The molecular formula is C17H22Br2N4O2. The highest BCUT2D eigenvalue weighted by Crippen LogP contribution is 2.42. The molecule has 2 aromatic rings. The van der Waals surface area contributed by atoms with E-state index in [1.165, 1.54) is 23.2 Å². The standard InChI is InChI=1S/C11H15BrN2O2.C6H7BrN2/c1-11(2,3)16-10(15)14-6-8(12)9(13-14)7-4-5-7;7-5-3-8-9-6(5)4-1-2-4/h6-7H,4-5H2,1-3H3;3-4H,1-2H2,(H,8,9). The van der Waals surface area contributed by atoms with Crippen LogP contribution in [0.25, 0.3) is 0 Å². The van der Waals surface area contributed by atoms with Crippen LogP contribution >= 0.6 is 31.9 Å². The number of aromatic amines is 1.